The van der Waals surface area contributed by atoms with Crippen molar-refractivity contribution < 1.29 is 19.0 Å². The Balaban J connectivity index is 2.21. The standard InChI is InChI=1S/C12H14FNO3/c1-12(3-2-4-14-12)9-10(13)7(15)5-8-11(9)17-6-16-8/h5,14-15H,2-4,6H2,1H3. The SMILES string of the molecule is CC1(c2c(F)c(O)cc3c2OCO3)CCCN1. The summed E-state index contributed by atoms with van der Waals surface area (Å²) in [5, 5.41) is 12.9. The highest BCUT2D eigenvalue weighted by Crippen LogP contribution is 2.47. The second-order valence-corrected chi connectivity index (χ2v) is 4.68. The number of fused-ring (bicyclic) bond motifs is 1. The highest BCUT2D eigenvalue weighted by molar-refractivity contribution is 5.56. The van der Waals surface area contributed by atoms with E-state index in [1.807, 2.05) is 6.92 Å². The van der Waals surface area contributed by atoms with Gasteiger partial charge < -0.3 is 19.9 Å². The van der Waals surface area contributed by atoms with Crippen molar-refractivity contribution in [2.75, 3.05) is 13.3 Å². The van der Waals surface area contributed by atoms with Crippen LogP contribution in [0, 0.1) is 5.82 Å². The molecule has 2 N–H and O–H groups in total. The third kappa shape index (κ3) is 1.45. The number of hydrogen-bond acceptors (Lipinski definition) is 4. The van der Waals surface area contributed by atoms with Crippen LogP contribution in [0.15, 0.2) is 6.07 Å². The van der Waals surface area contributed by atoms with Crippen molar-refractivity contribution in [3.05, 3.63) is 17.4 Å². The van der Waals surface area contributed by atoms with E-state index in [1.54, 1.807) is 0 Å². The van der Waals surface area contributed by atoms with E-state index in [0.29, 0.717) is 17.1 Å². The van der Waals surface area contributed by atoms with Crippen molar-refractivity contribution in [3.8, 4) is 17.2 Å². The maximum absolute atomic E-state index is 14.1. The number of halogens is 1. The molecule has 1 unspecified atom stereocenters. The predicted molar refractivity (Wildman–Crippen MR) is 58.8 cm³/mol. The minimum Gasteiger partial charge on any atom is -0.505 e. The first kappa shape index (κ1) is 10.7. The van der Waals surface area contributed by atoms with Gasteiger partial charge in [-0.3, -0.25) is 0 Å². The minimum absolute atomic E-state index is 0.0707. The Bertz CT molecular complexity index is 469. The predicted octanol–water partition coefficient (Wildman–Crippen LogP) is 1.86. The van der Waals surface area contributed by atoms with E-state index < -0.39 is 11.4 Å². The molecule has 1 atom stereocenters. The van der Waals surface area contributed by atoms with Crippen LogP contribution < -0.4 is 14.8 Å². The number of rotatable bonds is 1. The van der Waals surface area contributed by atoms with Crippen LogP contribution >= 0.6 is 0 Å². The lowest BCUT2D eigenvalue weighted by Crippen LogP contribution is -2.34. The molecule has 2 heterocycles. The van der Waals surface area contributed by atoms with Gasteiger partial charge in [-0.15, -0.1) is 0 Å². The Morgan fingerprint density at radius 2 is 2.29 bits per heavy atom. The fraction of sp³-hybridized carbons (Fsp3) is 0.500. The molecule has 0 spiro atoms. The molecule has 3 rings (SSSR count). The first-order valence-electron chi connectivity index (χ1n) is 5.68. The second kappa shape index (κ2) is 3.50. The summed E-state index contributed by atoms with van der Waals surface area (Å²) in [6.45, 7) is 2.82. The number of hydrogen-bond donors (Lipinski definition) is 2. The highest BCUT2D eigenvalue weighted by atomic mass is 19.1. The van der Waals surface area contributed by atoms with Gasteiger partial charge in [-0.2, -0.15) is 0 Å². The number of ether oxygens (including phenoxy) is 2. The van der Waals surface area contributed by atoms with Crippen LogP contribution in [0.5, 0.6) is 17.2 Å². The third-order valence-electron chi connectivity index (χ3n) is 3.50. The molecular formula is C12H14FNO3. The van der Waals surface area contributed by atoms with Gasteiger partial charge in [0.25, 0.3) is 0 Å². The normalized spacial score (nSPS) is 26.5. The van der Waals surface area contributed by atoms with Crippen molar-refractivity contribution in [3.63, 3.8) is 0 Å². The van der Waals surface area contributed by atoms with Crippen LogP contribution in [-0.4, -0.2) is 18.4 Å². The maximum Gasteiger partial charge on any atom is 0.231 e. The van der Waals surface area contributed by atoms with Crippen molar-refractivity contribution in [2.45, 2.75) is 25.3 Å². The van der Waals surface area contributed by atoms with E-state index in [9.17, 15) is 9.50 Å². The molecule has 4 nitrogen and oxygen atoms in total. The molecule has 1 aromatic carbocycles. The van der Waals surface area contributed by atoms with Gasteiger partial charge in [-0.05, 0) is 26.3 Å². The summed E-state index contributed by atoms with van der Waals surface area (Å²) in [5.74, 6) is -0.184. The Labute approximate surface area is 98.3 Å². The van der Waals surface area contributed by atoms with E-state index in [0.717, 1.165) is 19.4 Å². The highest BCUT2D eigenvalue weighted by Gasteiger charge is 2.39. The van der Waals surface area contributed by atoms with Crippen molar-refractivity contribution in [2.24, 2.45) is 0 Å². The first-order chi connectivity index (χ1) is 8.12. The molecule has 1 fully saturated rings. The average Bonchev–Trinajstić information content (AvgIpc) is 2.89. The van der Waals surface area contributed by atoms with Crippen LogP contribution in [-0.2, 0) is 5.54 Å². The van der Waals surface area contributed by atoms with Gasteiger partial charge in [0.05, 0.1) is 5.56 Å². The fourth-order valence-electron chi connectivity index (χ4n) is 2.61. The summed E-state index contributed by atoms with van der Waals surface area (Å²) in [6.07, 6.45) is 1.78. The summed E-state index contributed by atoms with van der Waals surface area (Å²) in [5.41, 5.74) is -0.122. The Morgan fingerprint density at radius 1 is 1.47 bits per heavy atom. The lowest BCUT2D eigenvalue weighted by molar-refractivity contribution is 0.171. The van der Waals surface area contributed by atoms with Crippen LogP contribution in [0.25, 0.3) is 0 Å². The first-order valence-corrected chi connectivity index (χ1v) is 5.68. The van der Waals surface area contributed by atoms with E-state index >= 15 is 0 Å². The van der Waals surface area contributed by atoms with Crippen molar-refractivity contribution in [1.29, 1.82) is 0 Å². The summed E-state index contributed by atoms with van der Waals surface area (Å²) in [4.78, 5) is 0. The molecule has 0 aliphatic carbocycles. The largest absolute Gasteiger partial charge is 0.505 e. The summed E-state index contributed by atoms with van der Waals surface area (Å²) in [7, 11) is 0. The third-order valence-corrected chi connectivity index (χ3v) is 3.50. The van der Waals surface area contributed by atoms with Crippen LogP contribution in [0.4, 0.5) is 4.39 Å². The number of phenolic OH excluding ortho intramolecular Hbond substituents is 1. The van der Waals surface area contributed by atoms with Gasteiger partial charge in [-0.25, -0.2) is 4.39 Å². The maximum atomic E-state index is 14.1. The molecule has 17 heavy (non-hydrogen) atoms. The number of aromatic hydroxyl groups is 1. The molecule has 0 amide bonds. The monoisotopic (exact) mass is 239 g/mol. The van der Waals surface area contributed by atoms with E-state index in [4.69, 9.17) is 9.47 Å². The quantitative estimate of drug-likeness (QED) is 0.785. The van der Waals surface area contributed by atoms with Crippen LogP contribution in [0.2, 0.25) is 0 Å². The molecule has 0 saturated carbocycles. The molecule has 1 saturated heterocycles. The zero-order valence-corrected chi connectivity index (χ0v) is 9.55. The van der Waals surface area contributed by atoms with Crippen LogP contribution in [0.3, 0.4) is 0 Å². The zero-order chi connectivity index (χ0) is 12.0. The fourth-order valence-corrected chi connectivity index (χ4v) is 2.61. The van der Waals surface area contributed by atoms with Crippen molar-refractivity contribution in [1.82, 2.24) is 5.32 Å². The van der Waals surface area contributed by atoms with E-state index in [2.05, 4.69) is 5.32 Å². The minimum atomic E-state index is -0.619. The number of phenols is 1. The lowest BCUT2D eigenvalue weighted by Gasteiger charge is -2.26. The van der Waals surface area contributed by atoms with Crippen molar-refractivity contribution >= 4 is 0 Å². The Kier molecular flexibility index (Phi) is 2.19. The van der Waals surface area contributed by atoms with Gasteiger partial charge in [0, 0.05) is 11.6 Å². The molecule has 0 bridgehead atoms. The summed E-state index contributed by atoms with van der Waals surface area (Å²) >= 11 is 0. The van der Waals surface area contributed by atoms with E-state index in [-0.39, 0.29) is 12.5 Å². The molecule has 2 aliphatic heterocycles. The van der Waals surface area contributed by atoms with Gasteiger partial charge in [0.2, 0.25) is 6.79 Å². The van der Waals surface area contributed by atoms with Gasteiger partial charge in [0.15, 0.2) is 23.1 Å². The molecular weight excluding hydrogens is 225 g/mol. The average molecular weight is 239 g/mol. The molecule has 92 valence electrons. The number of nitrogens with one attached hydrogen (secondary N) is 1. The van der Waals surface area contributed by atoms with Gasteiger partial charge >= 0.3 is 0 Å². The number of benzene rings is 1. The molecule has 0 aromatic heterocycles. The lowest BCUT2D eigenvalue weighted by atomic mass is 9.88. The second-order valence-electron chi connectivity index (χ2n) is 4.68. The Hall–Kier alpha value is -1.49. The van der Waals surface area contributed by atoms with E-state index in [1.165, 1.54) is 6.07 Å². The summed E-state index contributed by atoms with van der Waals surface area (Å²) < 4.78 is 24.7. The molecule has 2 aliphatic rings. The molecule has 0 radical (unpaired) electrons. The van der Waals surface area contributed by atoms with Crippen LogP contribution in [0.1, 0.15) is 25.3 Å². The smallest absolute Gasteiger partial charge is 0.231 e. The molecule has 5 heteroatoms. The van der Waals surface area contributed by atoms with Gasteiger partial charge in [-0.1, -0.05) is 0 Å². The molecule has 1 aromatic rings. The van der Waals surface area contributed by atoms with Gasteiger partial charge in [0.1, 0.15) is 0 Å². The zero-order valence-electron chi connectivity index (χ0n) is 9.55. The topological polar surface area (TPSA) is 50.7 Å². The Morgan fingerprint density at radius 3 is 3.00 bits per heavy atom. The summed E-state index contributed by atoms with van der Waals surface area (Å²) in [6, 6.07) is 1.26.